The molecule has 18 heavy (non-hydrogen) atoms. The Kier molecular flexibility index (Phi) is 4.69. The summed E-state index contributed by atoms with van der Waals surface area (Å²) in [4.78, 5) is 32.2. The van der Waals surface area contributed by atoms with E-state index in [4.69, 9.17) is 4.89 Å². The van der Waals surface area contributed by atoms with Crippen molar-refractivity contribution in [3.05, 3.63) is 16.3 Å². The van der Waals surface area contributed by atoms with Crippen LogP contribution in [0.4, 0.5) is 10.5 Å². The van der Waals surface area contributed by atoms with Gasteiger partial charge < -0.3 is 4.74 Å². The number of carbonyl (C=O) groups excluding carboxylic acids is 2. The van der Waals surface area contributed by atoms with Gasteiger partial charge >= 0.3 is 12.1 Å². The quantitative estimate of drug-likeness (QED) is 0.520. The number of thiophene rings is 1. The fourth-order valence-electron chi connectivity index (χ4n) is 0.956. The maximum Gasteiger partial charge on any atom is 0.443 e. The topological polar surface area (TPSA) is 73.9 Å². The highest BCUT2D eigenvalue weighted by Gasteiger charge is 2.18. The minimum Gasteiger partial charge on any atom is -0.465 e. The number of nitrogens with one attached hydrogen (secondary N) is 1. The Balaban J connectivity index is 2.60. The smallest absolute Gasteiger partial charge is 0.443 e. The van der Waals surface area contributed by atoms with Crippen LogP contribution in [0, 0.1) is 0 Å². The van der Waals surface area contributed by atoms with Crippen molar-refractivity contribution in [3.8, 4) is 0 Å². The second kappa shape index (κ2) is 5.83. The second-order valence-corrected chi connectivity index (χ2v) is 5.13. The number of amides is 1. The van der Waals surface area contributed by atoms with Crippen molar-refractivity contribution < 1.29 is 24.1 Å². The first-order valence-corrected chi connectivity index (χ1v) is 6.09. The first-order chi connectivity index (χ1) is 8.33. The molecule has 1 aromatic heterocycles. The van der Waals surface area contributed by atoms with Gasteiger partial charge in [-0.15, -0.1) is 11.3 Å². The zero-order valence-corrected chi connectivity index (χ0v) is 11.4. The number of hydrogen-bond donors (Lipinski definition) is 1. The van der Waals surface area contributed by atoms with Gasteiger partial charge in [-0.25, -0.2) is 9.59 Å². The summed E-state index contributed by atoms with van der Waals surface area (Å²) in [6.45, 7) is 5.22. The van der Waals surface area contributed by atoms with Crippen LogP contribution in [0.2, 0.25) is 0 Å². The molecule has 0 aromatic carbocycles. The van der Waals surface area contributed by atoms with Crippen LogP contribution in [0.1, 0.15) is 31.1 Å². The van der Waals surface area contributed by atoms with E-state index in [1.807, 2.05) is 0 Å². The van der Waals surface area contributed by atoms with Gasteiger partial charge in [-0.05, 0) is 20.8 Å². The average molecular weight is 273 g/mol. The van der Waals surface area contributed by atoms with Crippen LogP contribution in [-0.4, -0.2) is 24.8 Å². The van der Waals surface area contributed by atoms with E-state index in [2.05, 4.69) is 14.9 Å². The van der Waals surface area contributed by atoms with E-state index >= 15 is 0 Å². The molecule has 1 amide bonds. The van der Waals surface area contributed by atoms with Gasteiger partial charge in [0.1, 0.15) is 5.60 Å². The summed E-state index contributed by atoms with van der Waals surface area (Å²) in [5.41, 5.74) is 0.00142. The van der Waals surface area contributed by atoms with Gasteiger partial charge in [0.05, 0.1) is 18.4 Å². The molecule has 0 atom stereocenters. The van der Waals surface area contributed by atoms with Crippen molar-refractivity contribution in [1.82, 2.24) is 0 Å². The predicted octanol–water partition coefficient (Wildman–Crippen LogP) is 2.81. The Morgan fingerprint density at radius 3 is 2.50 bits per heavy atom. The Hall–Kier alpha value is -1.60. The highest BCUT2D eigenvalue weighted by Crippen LogP contribution is 2.22. The van der Waals surface area contributed by atoms with E-state index < -0.39 is 17.7 Å². The number of esters is 1. The molecule has 1 heterocycles. The van der Waals surface area contributed by atoms with Gasteiger partial charge in [0.15, 0.2) is 0 Å². The van der Waals surface area contributed by atoms with E-state index in [9.17, 15) is 9.59 Å². The van der Waals surface area contributed by atoms with Crippen LogP contribution < -0.4 is 5.32 Å². The van der Waals surface area contributed by atoms with E-state index in [-0.39, 0.29) is 5.56 Å². The Morgan fingerprint density at radius 1 is 1.28 bits per heavy atom. The molecule has 1 N–H and O–H groups in total. The van der Waals surface area contributed by atoms with Crippen LogP contribution in [0.5, 0.6) is 0 Å². The van der Waals surface area contributed by atoms with Crippen LogP contribution in [-0.2, 0) is 14.5 Å². The van der Waals surface area contributed by atoms with Crippen molar-refractivity contribution in [3.63, 3.8) is 0 Å². The average Bonchev–Trinajstić information content (AvgIpc) is 2.72. The van der Waals surface area contributed by atoms with E-state index in [0.717, 1.165) is 0 Å². The third-order valence-electron chi connectivity index (χ3n) is 1.67. The zero-order valence-electron chi connectivity index (χ0n) is 10.6. The van der Waals surface area contributed by atoms with Gasteiger partial charge in [0.25, 0.3) is 0 Å². The maximum atomic E-state index is 11.4. The molecule has 0 saturated carbocycles. The molecule has 0 bridgehead atoms. The lowest BCUT2D eigenvalue weighted by molar-refractivity contribution is -0.297. The SMILES string of the molecule is COC(=O)c1cscc1NC(=O)OOC(C)(C)C. The monoisotopic (exact) mass is 273 g/mol. The molecule has 1 rings (SSSR count). The van der Waals surface area contributed by atoms with Gasteiger partial charge in [0, 0.05) is 10.8 Å². The molecule has 1 aromatic rings. The standard InChI is InChI=1S/C11H15NO5S/c1-11(2,3)17-16-10(14)12-8-6-18-5-7(8)9(13)15-4/h5-6H,1-4H3,(H,12,14). The molecule has 0 radical (unpaired) electrons. The normalized spacial score (nSPS) is 10.9. The molecule has 0 unspecified atom stereocenters. The molecule has 0 aliphatic rings. The number of carbonyl (C=O) groups is 2. The summed E-state index contributed by atoms with van der Waals surface area (Å²) in [6, 6.07) is 0. The summed E-state index contributed by atoms with van der Waals surface area (Å²) in [5, 5.41) is 5.58. The summed E-state index contributed by atoms with van der Waals surface area (Å²) in [6.07, 6.45) is -0.798. The predicted molar refractivity (Wildman–Crippen MR) is 66.6 cm³/mol. The van der Waals surface area contributed by atoms with Crippen molar-refractivity contribution in [1.29, 1.82) is 0 Å². The molecular weight excluding hydrogens is 258 g/mol. The molecule has 0 aliphatic heterocycles. The summed E-state index contributed by atoms with van der Waals surface area (Å²) < 4.78 is 4.58. The number of ether oxygens (including phenoxy) is 1. The van der Waals surface area contributed by atoms with Crippen molar-refractivity contribution in [2.75, 3.05) is 12.4 Å². The molecule has 7 heteroatoms. The zero-order chi connectivity index (χ0) is 13.8. The second-order valence-electron chi connectivity index (χ2n) is 4.38. The minimum atomic E-state index is -0.798. The van der Waals surface area contributed by atoms with E-state index in [1.54, 1.807) is 31.5 Å². The third kappa shape index (κ3) is 4.34. The van der Waals surface area contributed by atoms with Crippen LogP contribution in [0.3, 0.4) is 0 Å². The molecule has 0 fully saturated rings. The van der Waals surface area contributed by atoms with Crippen LogP contribution in [0.15, 0.2) is 10.8 Å². The van der Waals surface area contributed by atoms with Crippen LogP contribution >= 0.6 is 11.3 Å². The van der Waals surface area contributed by atoms with Crippen molar-refractivity contribution >= 4 is 29.1 Å². The highest BCUT2D eigenvalue weighted by molar-refractivity contribution is 7.08. The van der Waals surface area contributed by atoms with E-state index in [1.165, 1.54) is 18.4 Å². The summed E-state index contributed by atoms with van der Waals surface area (Å²) >= 11 is 1.26. The van der Waals surface area contributed by atoms with Crippen LogP contribution in [0.25, 0.3) is 0 Å². The molecular formula is C11H15NO5S. The Bertz CT molecular complexity index is 435. The molecule has 0 spiro atoms. The van der Waals surface area contributed by atoms with Crippen molar-refractivity contribution in [2.45, 2.75) is 26.4 Å². The van der Waals surface area contributed by atoms with Gasteiger partial charge in [0.2, 0.25) is 0 Å². The fraction of sp³-hybridized carbons (Fsp3) is 0.455. The van der Waals surface area contributed by atoms with E-state index in [0.29, 0.717) is 5.69 Å². The minimum absolute atomic E-state index is 0.273. The lowest BCUT2D eigenvalue weighted by Crippen LogP contribution is -2.24. The number of hydrogen-bond acceptors (Lipinski definition) is 6. The number of anilines is 1. The lowest BCUT2D eigenvalue weighted by Gasteiger charge is -2.16. The molecule has 100 valence electrons. The highest BCUT2D eigenvalue weighted by atomic mass is 32.1. The Labute approximate surface area is 109 Å². The largest absolute Gasteiger partial charge is 0.465 e. The first-order valence-electron chi connectivity index (χ1n) is 5.14. The van der Waals surface area contributed by atoms with Crippen molar-refractivity contribution in [2.24, 2.45) is 0 Å². The van der Waals surface area contributed by atoms with Gasteiger partial charge in [-0.2, -0.15) is 4.89 Å². The fourth-order valence-corrected chi connectivity index (χ4v) is 1.70. The maximum absolute atomic E-state index is 11.4. The summed E-state index contributed by atoms with van der Waals surface area (Å²) in [7, 11) is 1.27. The number of methoxy groups -OCH3 is 1. The Morgan fingerprint density at radius 2 is 1.94 bits per heavy atom. The molecule has 6 nitrogen and oxygen atoms in total. The molecule has 0 saturated heterocycles. The lowest BCUT2D eigenvalue weighted by atomic mass is 10.2. The third-order valence-corrected chi connectivity index (χ3v) is 2.41. The van der Waals surface area contributed by atoms with Gasteiger partial charge in [-0.3, -0.25) is 10.2 Å². The van der Waals surface area contributed by atoms with Gasteiger partial charge in [-0.1, -0.05) is 0 Å². The first kappa shape index (κ1) is 14.5. The molecule has 0 aliphatic carbocycles. The summed E-state index contributed by atoms with van der Waals surface area (Å²) in [5.74, 6) is -0.525. The number of rotatable bonds is 3.